The van der Waals surface area contributed by atoms with E-state index in [1.165, 1.54) is 11.2 Å². The van der Waals surface area contributed by atoms with Crippen LogP contribution in [0.3, 0.4) is 0 Å². The third-order valence-corrected chi connectivity index (χ3v) is 12.2. The van der Waals surface area contributed by atoms with E-state index in [0.29, 0.717) is 31.5 Å². The van der Waals surface area contributed by atoms with Crippen LogP contribution in [0.25, 0.3) is 21.8 Å². The molecule has 4 heterocycles. The minimum atomic E-state index is -1.10. The molecule has 1 aliphatic heterocycles. The second-order valence-corrected chi connectivity index (χ2v) is 16.9. The highest BCUT2D eigenvalue weighted by molar-refractivity contribution is 5.96. The van der Waals surface area contributed by atoms with Gasteiger partial charge in [0.05, 0.1) is 24.5 Å². The standard InChI is InChI=1S/C48H57N11O6/c49-17-9-8-12-30(45(51)62)21-43(60)40(18-29-10-2-1-3-11-29)57-48(65)42(20-32-25-54-39-16-7-5-14-36(32)39)59-27-34(23-44(59)61)56-47(64)41(19-31-24-53-38-15-6-4-13-35(31)38)58-46(63)37(50)22-33-26-52-28-55-33/h1-7,10-11,13-16,24-26,28,30,34,37,40-42,53-54H,8-9,12,17-23,27,49-50H2,(H2,51,62)(H,52,55)(H,56,64)(H,57,65)(H,58,63)/t30-,34+,37+,40-,41-,42+/m1/s1. The first-order valence-corrected chi connectivity index (χ1v) is 22.1. The zero-order chi connectivity index (χ0) is 45.9. The lowest BCUT2D eigenvalue weighted by Gasteiger charge is -2.30. The SMILES string of the molecule is NCCCC[C@H](CC(=O)[C@@H](Cc1ccccc1)NC(=O)[C@H](Cc1c[nH]c2ccccc12)N1C[C@@H](NC(=O)[C@@H](Cc2c[nH]c3ccccc23)NC(=O)[C@@H](N)Cc2cnc[nH]2)CC1=O)C(N)=O. The average molecular weight is 884 g/mol. The number of H-pyrrole nitrogens is 3. The van der Waals surface area contributed by atoms with E-state index in [1.54, 1.807) is 18.6 Å². The highest BCUT2D eigenvalue weighted by Gasteiger charge is 2.41. The first-order valence-electron chi connectivity index (χ1n) is 22.1. The van der Waals surface area contributed by atoms with Crippen LogP contribution < -0.4 is 33.2 Å². The van der Waals surface area contributed by atoms with Crippen molar-refractivity contribution in [3.8, 4) is 0 Å². The van der Waals surface area contributed by atoms with Crippen molar-refractivity contribution in [2.24, 2.45) is 23.1 Å². The van der Waals surface area contributed by atoms with Crippen molar-refractivity contribution in [1.29, 1.82) is 0 Å². The van der Waals surface area contributed by atoms with Gasteiger partial charge < -0.3 is 53.0 Å². The van der Waals surface area contributed by atoms with Crippen molar-refractivity contribution in [3.63, 3.8) is 0 Å². The van der Waals surface area contributed by atoms with Gasteiger partial charge in [0.1, 0.15) is 12.1 Å². The first-order chi connectivity index (χ1) is 31.5. The van der Waals surface area contributed by atoms with E-state index in [9.17, 15) is 28.8 Å². The van der Waals surface area contributed by atoms with Crippen LogP contribution in [-0.4, -0.2) is 103 Å². The zero-order valence-electron chi connectivity index (χ0n) is 36.1. The number of hydrogen-bond donors (Lipinski definition) is 9. The van der Waals surface area contributed by atoms with Gasteiger partial charge in [-0.2, -0.15) is 0 Å². The summed E-state index contributed by atoms with van der Waals surface area (Å²) in [5, 5.41) is 10.6. The molecule has 0 bridgehead atoms. The number of unbranched alkanes of at least 4 members (excludes halogenated alkanes) is 1. The van der Waals surface area contributed by atoms with Crippen molar-refractivity contribution in [2.75, 3.05) is 13.1 Å². The summed E-state index contributed by atoms with van der Waals surface area (Å²) in [4.78, 5) is 98.1. The summed E-state index contributed by atoms with van der Waals surface area (Å²) in [6.45, 7) is 0.411. The molecular formula is C48H57N11O6. The van der Waals surface area contributed by atoms with E-state index in [4.69, 9.17) is 17.2 Å². The number of carbonyl (C=O) groups excluding carboxylic acids is 6. The van der Waals surface area contributed by atoms with Crippen LogP contribution in [-0.2, 0) is 54.5 Å². The fraction of sp³-hybridized carbons (Fsp3) is 0.354. The molecule has 1 fully saturated rings. The van der Waals surface area contributed by atoms with Gasteiger partial charge in [-0.3, -0.25) is 28.8 Å². The monoisotopic (exact) mass is 883 g/mol. The lowest BCUT2D eigenvalue weighted by atomic mass is 9.90. The second kappa shape index (κ2) is 21.5. The van der Waals surface area contributed by atoms with Crippen LogP contribution in [0.1, 0.15) is 54.5 Å². The molecule has 6 aromatic rings. The predicted molar refractivity (Wildman–Crippen MR) is 246 cm³/mol. The molecule has 0 spiro atoms. The Kier molecular flexibility index (Phi) is 15.2. The predicted octanol–water partition coefficient (Wildman–Crippen LogP) is 2.22. The molecule has 5 amide bonds. The third kappa shape index (κ3) is 11.7. The number of aromatic nitrogens is 4. The van der Waals surface area contributed by atoms with Crippen molar-refractivity contribution in [3.05, 3.63) is 126 Å². The van der Waals surface area contributed by atoms with E-state index in [2.05, 4.69) is 35.9 Å². The number of imidazole rings is 1. The number of hydrogen-bond acceptors (Lipinski definition) is 9. The van der Waals surface area contributed by atoms with E-state index >= 15 is 0 Å². The fourth-order valence-electron chi connectivity index (χ4n) is 8.65. The van der Waals surface area contributed by atoms with Crippen LogP contribution >= 0.6 is 0 Å². The number of ketones is 1. The molecule has 0 radical (unpaired) electrons. The number of para-hydroxylation sites is 2. The van der Waals surface area contributed by atoms with E-state index in [1.807, 2.05) is 78.9 Å². The smallest absolute Gasteiger partial charge is 0.243 e. The molecule has 1 aliphatic rings. The minimum Gasteiger partial charge on any atom is -0.369 e. The van der Waals surface area contributed by atoms with Crippen LogP contribution in [0.4, 0.5) is 0 Å². The fourth-order valence-corrected chi connectivity index (χ4v) is 8.65. The number of aromatic amines is 3. The van der Waals surface area contributed by atoms with E-state index in [-0.39, 0.29) is 56.8 Å². The number of nitrogens with zero attached hydrogens (tertiary/aromatic N) is 2. The summed E-state index contributed by atoms with van der Waals surface area (Å²) in [6.07, 6.45) is 8.54. The number of Topliss-reactive ketones (excluding diaryl/α,β-unsaturated/α-hetero) is 1. The largest absolute Gasteiger partial charge is 0.369 e. The number of likely N-dealkylation sites (tertiary alicyclic amines) is 1. The Labute approximate surface area is 376 Å². The van der Waals surface area contributed by atoms with Gasteiger partial charge in [-0.05, 0) is 54.6 Å². The van der Waals surface area contributed by atoms with Gasteiger partial charge in [0.15, 0.2) is 5.78 Å². The normalized spacial score (nSPS) is 16.2. The number of carbonyl (C=O) groups is 6. The molecular weight excluding hydrogens is 827 g/mol. The van der Waals surface area contributed by atoms with E-state index < -0.39 is 59.8 Å². The molecule has 1 saturated heterocycles. The van der Waals surface area contributed by atoms with Crippen LogP contribution in [0.5, 0.6) is 0 Å². The Balaban J connectivity index is 1.13. The Bertz CT molecular complexity index is 2590. The van der Waals surface area contributed by atoms with Gasteiger partial charge in [0.25, 0.3) is 0 Å². The maximum atomic E-state index is 14.8. The molecule has 7 rings (SSSR count). The third-order valence-electron chi connectivity index (χ3n) is 12.2. The Hall–Kier alpha value is -7.11. The quantitative estimate of drug-likeness (QED) is 0.0426. The first kappa shape index (κ1) is 45.9. The molecule has 340 valence electrons. The molecule has 17 nitrogen and oxygen atoms in total. The summed E-state index contributed by atoms with van der Waals surface area (Å²) in [6, 6.07) is 19.5. The molecule has 0 saturated carbocycles. The number of amides is 5. The Morgan fingerprint density at radius 3 is 2.05 bits per heavy atom. The molecule has 3 aromatic carbocycles. The maximum absolute atomic E-state index is 14.8. The average Bonchev–Trinajstić information content (AvgIpc) is 4.13. The Morgan fingerprint density at radius 1 is 0.754 bits per heavy atom. The molecule has 3 aromatic heterocycles. The van der Waals surface area contributed by atoms with Gasteiger partial charge in [0.2, 0.25) is 29.5 Å². The van der Waals surface area contributed by atoms with Crippen LogP contribution in [0.2, 0.25) is 0 Å². The van der Waals surface area contributed by atoms with Gasteiger partial charge in [0, 0.05) is 90.7 Å². The van der Waals surface area contributed by atoms with Crippen LogP contribution in [0, 0.1) is 5.92 Å². The maximum Gasteiger partial charge on any atom is 0.243 e. The van der Waals surface area contributed by atoms with Gasteiger partial charge in [-0.15, -0.1) is 0 Å². The lowest BCUT2D eigenvalue weighted by Crippen LogP contribution is -2.56. The highest BCUT2D eigenvalue weighted by atomic mass is 16.2. The number of nitrogens with one attached hydrogen (secondary N) is 6. The highest BCUT2D eigenvalue weighted by Crippen LogP contribution is 2.25. The zero-order valence-corrected chi connectivity index (χ0v) is 36.1. The molecule has 17 heteroatoms. The number of fused-ring (bicyclic) bond motifs is 2. The summed E-state index contributed by atoms with van der Waals surface area (Å²) < 4.78 is 0. The Morgan fingerprint density at radius 2 is 1.40 bits per heavy atom. The minimum absolute atomic E-state index is 0.0275. The van der Waals surface area contributed by atoms with Gasteiger partial charge in [-0.25, -0.2) is 4.98 Å². The lowest BCUT2D eigenvalue weighted by molar-refractivity contribution is -0.138. The van der Waals surface area contributed by atoms with E-state index in [0.717, 1.165) is 38.5 Å². The molecule has 6 atom stereocenters. The summed E-state index contributed by atoms with van der Waals surface area (Å²) in [5.41, 5.74) is 22.4. The van der Waals surface area contributed by atoms with Crippen molar-refractivity contribution >= 4 is 57.1 Å². The molecule has 0 unspecified atom stereocenters. The number of benzene rings is 3. The van der Waals surface area contributed by atoms with Crippen molar-refractivity contribution < 1.29 is 28.8 Å². The second-order valence-electron chi connectivity index (χ2n) is 16.9. The summed E-state index contributed by atoms with van der Waals surface area (Å²) in [7, 11) is 0. The molecule has 65 heavy (non-hydrogen) atoms. The van der Waals surface area contributed by atoms with Crippen molar-refractivity contribution in [2.45, 2.75) is 88.0 Å². The topological polar surface area (TPSA) is 280 Å². The van der Waals surface area contributed by atoms with Crippen LogP contribution in [0.15, 0.2) is 104 Å². The number of nitrogens with two attached hydrogens (primary N) is 3. The number of rotatable bonds is 23. The molecule has 12 N–H and O–H groups in total. The van der Waals surface area contributed by atoms with Gasteiger partial charge >= 0.3 is 0 Å². The van der Waals surface area contributed by atoms with Crippen molar-refractivity contribution in [1.82, 2.24) is 40.8 Å². The summed E-state index contributed by atoms with van der Waals surface area (Å²) >= 11 is 0. The summed E-state index contributed by atoms with van der Waals surface area (Å²) in [5.74, 6) is -3.74. The van der Waals surface area contributed by atoms with Gasteiger partial charge in [-0.1, -0.05) is 73.2 Å². The molecule has 0 aliphatic carbocycles. The number of primary amides is 1.